The summed E-state index contributed by atoms with van der Waals surface area (Å²) in [6.45, 7) is 2.02. The van der Waals surface area contributed by atoms with Crippen LogP contribution in [-0.2, 0) is 9.59 Å². The molecule has 2 amide bonds. The van der Waals surface area contributed by atoms with Crippen LogP contribution in [0.3, 0.4) is 0 Å². The number of phenolic OH excluding ortho intramolecular Hbond substituents is 1. The van der Waals surface area contributed by atoms with Crippen molar-refractivity contribution in [1.82, 2.24) is 14.9 Å². The van der Waals surface area contributed by atoms with Gasteiger partial charge in [-0.3, -0.25) is 9.59 Å². The number of carbonyl (C=O) groups excluding carboxylic acids is 2. The Hall–Kier alpha value is -3.16. The first-order chi connectivity index (χ1) is 12.1. The third-order valence-electron chi connectivity index (χ3n) is 4.13. The number of benzene rings is 1. The van der Waals surface area contributed by atoms with E-state index >= 15 is 0 Å². The van der Waals surface area contributed by atoms with E-state index in [-0.39, 0.29) is 5.75 Å². The molecule has 0 radical (unpaired) electrons. The zero-order valence-corrected chi connectivity index (χ0v) is 13.9. The van der Waals surface area contributed by atoms with Gasteiger partial charge in [-0.1, -0.05) is 0 Å². The fraction of sp³-hybridized carbons (Fsp3) is 0.294. The van der Waals surface area contributed by atoms with E-state index in [1.807, 2.05) is 4.90 Å². The Kier molecular flexibility index (Phi) is 4.78. The number of rotatable bonds is 2. The second-order valence-corrected chi connectivity index (χ2v) is 5.71. The van der Waals surface area contributed by atoms with E-state index in [2.05, 4.69) is 9.97 Å². The van der Waals surface area contributed by atoms with Gasteiger partial charge in [-0.15, -0.1) is 0 Å². The summed E-state index contributed by atoms with van der Waals surface area (Å²) in [6.07, 6.45) is 3.35. The zero-order valence-electron chi connectivity index (χ0n) is 13.9. The molecule has 8 heteroatoms. The molecule has 0 spiro atoms. The van der Waals surface area contributed by atoms with E-state index in [0.717, 1.165) is 0 Å². The average Bonchev–Trinajstić information content (AvgIpc) is 2.67. The highest BCUT2D eigenvalue weighted by atomic mass is 16.3. The molecular weight excluding hydrogens is 322 g/mol. The van der Waals surface area contributed by atoms with Crippen LogP contribution in [0.2, 0.25) is 0 Å². The van der Waals surface area contributed by atoms with Crippen molar-refractivity contribution in [2.24, 2.45) is 0 Å². The number of hydrogen-bond acceptors (Lipinski definition) is 6. The standard InChI is InChI=1S/C17H19N5O3/c1-20(13-3-5-14(23)6-4-13)15(24)16(25)21-9-11-22(12-10-21)17-18-7-2-8-19-17/h2-8,23H,9-12H2,1H3. The first-order valence-electron chi connectivity index (χ1n) is 7.94. The number of likely N-dealkylation sites (N-methyl/N-ethyl adjacent to an activating group) is 1. The Morgan fingerprint density at radius 2 is 1.64 bits per heavy atom. The molecule has 1 aliphatic rings. The van der Waals surface area contributed by atoms with Crippen molar-refractivity contribution in [1.29, 1.82) is 0 Å². The summed E-state index contributed by atoms with van der Waals surface area (Å²) in [7, 11) is 1.54. The van der Waals surface area contributed by atoms with Crippen molar-refractivity contribution in [3.8, 4) is 5.75 Å². The van der Waals surface area contributed by atoms with E-state index in [9.17, 15) is 14.7 Å². The molecule has 130 valence electrons. The number of nitrogens with zero attached hydrogens (tertiary/aromatic N) is 5. The first-order valence-corrected chi connectivity index (χ1v) is 7.94. The number of aromatic hydroxyl groups is 1. The molecule has 2 aromatic rings. The number of phenols is 1. The van der Waals surface area contributed by atoms with Crippen molar-refractivity contribution in [3.05, 3.63) is 42.7 Å². The van der Waals surface area contributed by atoms with Crippen LogP contribution >= 0.6 is 0 Å². The molecule has 2 heterocycles. The van der Waals surface area contributed by atoms with E-state index in [1.54, 1.807) is 42.5 Å². The van der Waals surface area contributed by atoms with Crippen LogP contribution in [0.15, 0.2) is 42.7 Å². The van der Waals surface area contributed by atoms with Gasteiger partial charge in [-0.2, -0.15) is 0 Å². The molecule has 8 nitrogen and oxygen atoms in total. The maximum Gasteiger partial charge on any atom is 0.316 e. The molecule has 1 N–H and O–H groups in total. The largest absolute Gasteiger partial charge is 0.508 e. The maximum absolute atomic E-state index is 12.5. The van der Waals surface area contributed by atoms with E-state index < -0.39 is 11.8 Å². The summed E-state index contributed by atoms with van der Waals surface area (Å²) < 4.78 is 0. The number of hydrogen-bond donors (Lipinski definition) is 1. The SMILES string of the molecule is CN(C(=O)C(=O)N1CCN(c2ncccn2)CC1)c1ccc(O)cc1. The highest BCUT2D eigenvalue weighted by Gasteiger charge is 2.29. The lowest BCUT2D eigenvalue weighted by molar-refractivity contribution is -0.144. The van der Waals surface area contributed by atoms with Gasteiger partial charge in [-0.25, -0.2) is 9.97 Å². The molecule has 1 aromatic carbocycles. The first kappa shape index (κ1) is 16.7. The van der Waals surface area contributed by atoms with E-state index in [0.29, 0.717) is 37.8 Å². The second-order valence-electron chi connectivity index (χ2n) is 5.71. The summed E-state index contributed by atoms with van der Waals surface area (Å²) >= 11 is 0. The summed E-state index contributed by atoms with van der Waals surface area (Å²) in [4.78, 5) is 38.1. The number of amides is 2. The Balaban J connectivity index is 1.60. The van der Waals surface area contributed by atoms with Gasteiger partial charge >= 0.3 is 11.8 Å². The number of piperazine rings is 1. The monoisotopic (exact) mass is 341 g/mol. The van der Waals surface area contributed by atoms with Gasteiger partial charge in [0.2, 0.25) is 5.95 Å². The lowest BCUT2D eigenvalue weighted by Gasteiger charge is -2.34. The maximum atomic E-state index is 12.5. The Morgan fingerprint density at radius 3 is 2.24 bits per heavy atom. The minimum atomic E-state index is -0.602. The van der Waals surface area contributed by atoms with Gasteiger partial charge < -0.3 is 19.8 Å². The summed E-state index contributed by atoms with van der Waals surface area (Å²) in [6, 6.07) is 7.88. The van der Waals surface area contributed by atoms with Gasteiger partial charge in [-0.05, 0) is 30.3 Å². The van der Waals surface area contributed by atoms with Crippen LogP contribution in [0.1, 0.15) is 0 Å². The van der Waals surface area contributed by atoms with Gasteiger partial charge in [0, 0.05) is 51.3 Å². The highest BCUT2D eigenvalue weighted by molar-refractivity contribution is 6.40. The summed E-state index contributed by atoms with van der Waals surface area (Å²) in [5, 5.41) is 9.32. The van der Waals surface area contributed by atoms with E-state index in [4.69, 9.17) is 0 Å². The molecule has 1 saturated heterocycles. The van der Waals surface area contributed by atoms with Crippen LogP contribution in [0.5, 0.6) is 5.75 Å². The van der Waals surface area contributed by atoms with Crippen LogP contribution in [-0.4, -0.2) is 65.0 Å². The molecule has 3 rings (SSSR count). The van der Waals surface area contributed by atoms with Gasteiger partial charge in [0.05, 0.1) is 0 Å². The zero-order chi connectivity index (χ0) is 17.8. The molecule has 1 aliphatic heterocycles. The third-order valence-corrected chi connectivity index (χ3v) is 4.13. The molecule has 1 fully saturated rings. The van der Waals surface area contributed by atoms with Crippen molar-refractivity contribution in [3.63, 3.8) is 0 Å². The summed E-state index contributed by atoms with van der Waals surface area (Å²) in [5.74, 6) is -0.406. The molecule has 25 heavy (non-hydrogen) atoms. The molecule has 0 aliphatic carbocycles. The number of anilines is 2. The lowest BCUT2D eigenvalue weighted by atomic mass is 10.2. The van der Waals surface area contributed by atoms with Crippen LogP contribution in [0.25, 0.3) is 0 Å². The minimum Gasteiger partial charge on any atom is -0.508 e. The predicted octanol–water partition coefficient (Wildman–Crippen LogP) is 0.494. The van der Waals surface area contributed by atoms with Crippen molar-refractivity contribution in [2.75, 3.05) is 43.0 Å². The fourth-order valence-electron chi connectivity index (χ4n) is 2.64. The van der Waals surface area contributed by atoms with Crippen molar-refractivity contribution in [2.45, 2.75) is 0 Å². The summed E-state index contributed by atoms with van der Waals surface area (Å²) in [5.41, 5.74) is 0.549. The van der Waals surface area contributed by atoms with Crippen LogP contribution in [0.4, 0.5) is 11.6 Å². The molecule has 0 atom stereocenters. The smallest absolute Gasteiger partial charge is 0.316 e. The Labute approximate surface area is 145 Å². The van der Waals surface area contributed by atoms with Crippen LogP contribution in [0, 0.1) is 0 Å². The highest BCUT2D eigenvalue weighted by Crippen LogP contribution is 2.18. The average molecular weight is 341 g/mol. The number of aromatic nitrogens is 2. The van der Waals surface area contributed by atoms with Gasteiger partial charge in [0.25, 0.3) is 0 Å². The molecule has 0 unspecified atom stereocenters. The second kappa shape index (κ2) is 7.16. The quantitative estimate of drug-likeness (QED) is 0.800. The Bertz CT molecular complexity index is 743. The van der Waals surface area contributed by atoms with Crippen molar-refractivity contribution >= 4 is 23.5 Å². The third kappa shape index (κ3) is 3.68. The fourth-order valence-corrected chi connectivity index (χ4v) is 2.64. The minimum absolute atomic E-state index is 0.107. The normalized spacial score (nSPS) is 14.3. The van der Waals surface area contributed by atoms with E-state index in [1.165, 1.54) is 17.0 Å². The van der Waals surface area contributed by atoms with Crippen molar-refractivity contribution < 1.29 is 14.7 Å². The molecule has 1 aromatic heterocycles. The molecule has 0 saturated carbocycles. The van der Waals surface area contributed by atoms with Crippen LogP contribution < -0.4 is 9.80 Å². The lowest BCUT2D eigenvalue weighted by Crippen LogP contribution is -2.53. The number of carbonyl (C=O) groups is 2. The molecule has 0 bridgehead atoms. The van der Waals surface area contributed by atoms with Gasteiger partial charge in [0.15, 0.2) is 0 Å². The van der Waals surface area contributed by atoms with Gasteiger partial charge in [0.1, 0.15) is 5.75 Å². The Morgan fingerprint density at radius 1 is 1.04 bits per heavy atom. The predicted molar refractivity (Wildman–Crippen MR) is 92.3 cm³/mol. The topological polar surface area (TPSA) is 89.9 Å². The molecular formula is C17H19N5O3.